The Bertz CT molecular complexity index is 545. The maximum absolute atomic E-state index is 8.97. The Morgan fingerprint density at radius 3 is 2.37 bits per heavy atom. The van der Waals surface area contributed by atoms with Crippen LogP contribution in [0.3, 0.4) is 0 Å². The van der Waals surface area contributed by atoms with Gasteiger partial charge in [0.25, 0.3) is 0 Å². The molecule has 1 aromatic rings. The number of nitrogens with zero attached hydrogens (tertiary/aromatic N) is 2. The Balaban J connectivity index is 2.05. The second kappa shape index (κ2) is 5.27. The van der Waals surface area contributed by atoms with Gasteiger partial charge < -0.3 is 14.8 Å². The molecule has 2 rings (SSSR count). The van der Waals surface area contributed by atoms with E-state index in [1.807, 2.05) is 26.0 Å². The molecule has 1 aliphatic heterocycles. The summed E-state index contributed by atoms with van der Waals surface area (Å²) in [7, 11) is 0. The third-order valence-corrected chi connectivity index (χ3v) is 2.90. The zero-order chi connectivity index (χ0) is 13.9. The maximum Gasteiger partial charge on any atom is 0.162 e. The quantitative estimate of drug-likeness (QED) is 0.876. The Morgan fingerprint density at radius 2 is 1.79 bits per heavy atom. The van der Waals surface area contributed by atoms with Gasteiger partial charge in [-0.05, 0) is 32.0 Å². The van der Waals surface area contributed by atoms with E-state index in [1.54, 1.807) is 18.2 Å². The number of hydrogen-bond acceptors (Lipinski definition) is 5. The molecule has 0 spiro atoms. The van der Waals surface area contributed by atoms with Crippen molar-refractivity contribution in [2.45, 2.75) is 25.7 Å². The zero-order valence-electron chi connectivity index (χ0n) is 10.9. The van der Waals surface area contributed by atoms with E-state index in [-0.39, 0.29) is 6.04 Å². The van der Waals surface area contributed by atoms with E-state index in [0.29, 0.717) is 24.3 Å². The first-order chi connectivity index (χ1) is 9.04. The molecule has 1 aliphatic rings. The highest BCUT2D eigenvalue weighted by atomic mass is 16.7. The Morgan fingerprint density at radius 1 is 1.16 bits per heavy atom. The average molecular weight is 257 g/mol. The second-order valence-electron chi connectivity index (χ2n) is 4.85. The zero-order valence-corrected chi connectivity index (χ0v) is 10.9. The van der Waals surface area contributed by atoms with Gasteiger partial charge >= 0.3 is 0 Å². The van der Waals surface area contributed by atoms with E-state index in [4.69, 9.17) is 20.0 Å². The first-order valence-electron chi connectivity index (χ1n) is 6.03. The highest BCUT2D eigenvalue weighted by Gasteiger charge is 2.28. The molecule has 0 bridgehead atoms. The normalized spacial score (nSPS) is 18.3. The predicted octanol–water partition coefficient (Wildman–Crippen LogP) is 1.99. The van der Waals surface area contributed by atoms with Crippen LogP contribution in [0.15, 0.2) is 18.2 Å². The fourth-order valence-corrected chi connectivity index (χ4v) is 1.84. The van der Waals surface area contributed by atoms with Crippen LogP contribution in [0.4, 0.5) is 5.69 Å². The molecule has 5 heteroatoms. The van der Waals surface area contributed by atoms with Crippen LogP contribution >= 0.6 is 0 Å². The number of nitriles is 2. The van der Waals surface area contributed by atoms with Crippen molar-refractivity contribution in [3.63, 3.8) is 0 Å². The number of rotatable bonds is 2. The first kappa shape index (κ1) is 13.4. The van der Waals surface area contributed by atoms with Gasteiger partial charge in [0.05, 0.1) is 30.4 Å². The van der Waals surface area contributed by atoms with E-state index in [2.05, 4.69) is 5.32 Å². The molecule has 1 heterocycles. The third kappa shape index (κ3) is 3.23. The smallest absolute Gasteiger partial charge is 0.162 e. The molecule has 0 amide bonds. The molecule has 98 valence electrons. The highest BCUT2D eigenvalue weighted by molar-refractivity contribution is 5.56. The second-order valence-corrected chi connectivity index (χ2v) is 4.85. The van der Waals surface area contributed by atoms with Crippen LogP contribution in [-0.4, -0.2) is 25.0 Å². The largest absolute Gasteiger partial charge is 0.378 e. The van der Waals surface area contributed by atoms with Gasteiger partial charge in [-0.15, -0.1) is 0 Å². The molecule has 19 heavy (non-hydrogen) atoms. The summed E-state index contributed by atoms with van der Waals surface area (Å²) in [6.45, 7) is 4.82. The lowest BCUT2D eigenvalue weighted by Gasteiger charge is -2.35. The SMILES string of the molecule is CC1(C)OCC(Nc2ccc(C#N)c(C#N)c2)CO1. The fourth-order valence-electron chi connectivity index (χ4n) is 1.84. The summed E-state index contributed by atoms with van der Waals surface area (Å²) in [4.78, 5) is 0. The van der Waals surface area contributed by atoms with E-state index in [1.165, 1.54) is 0 Å². The van der Waals surface area contributed by atoms with Crippen molar-refractivity contribution in [2.24, 2.45) is 0 Å². The summed E-state index contributed by atoms with van der Waals surface area (Å²) in [6.07, 6.45) is 0. The minimum atomic E-state index is -0.541. The standard InChI is InChI=1S/C14H15N3O2/c1-14(2)18-8-13(9-19-14)17-12-4-3-10(6-15)11(5-12)7-16/h3-5,13,17H,8-9H2,1-2H3. The van der Waals surface area contributed by atoms with Crippen molar-refractivity contribution in [1.82, 2.24) is 0 Å². The molecule has 1 N–H and O–H groups in total. The molecular formula is C14H15N3O2. The highest BCUT2D eigenvalue weighted by Crippen LogP contribution is 2.21. The Kier molecular flexibility index (Phi) is 3.71. The Labute approximate surface area is 112 Å². The molecule has 5 nitrogen and oxygen atoms in total. The van der Waals surface area contributed by atoms with Gasteiger partial charge in [0.1, 0.15) is 12.1 Å². The molecule has 0 radical (unpaired) electrons. The molecular weight excluding hydrogens is 242 g/mol. The van der Waals surface area contributed by atoms with Gasteiger partial charge in [-0.3, -0.25) is 0 Å². The molecule has 0 saturated carbocycles. The van der Waals surface area contributed by atoms with E-state index >= 15 is 0 Å². The van der Waals surface area contributed by atoms with Crippen molar-refractivity contribution < 1.29 is 9.47 Å². The third-order valence-electron chi connectivity index (χ3n) is 2.90. The van der Waals surface area contributed by atoms with Gasteiger partial charge in [-0.1, -0.05) is 0 Å². The average Bonchev–Trinajstić information content (AvgIpc) is 2.41. The Hall–Kier alpha value is -2.08. The lowest BCUT2D eigenvalue weighted by molar-refractivity contribution is -0.247. The van der Waals surface area contributed by atoms with Gasteiger partial charge in [0, 0.05) is 5.69 Å². The molecule has 1 aromatic carbocycles. The predicted molar refractivity (Wildman–Crippen MR) is 69.3 cm³/mol. The van der Waals surface area contributed by atoms with Crippen molar-refractivity contribution in [3.05, 3.63) is 29.3 Å². The van der Waals surface area contributed by atoms with Gasteiger partial charge in [0.2, 0.25) is 0 Å². The van der Waals surface area contributed by atoms with E-state index in [0.717, 1.165) is 5.69 Å². The molecule has 0 atom stereocenters. The van der Waals surface area contributed by atoms with Gasteiger partial charge in [-0.2, -0.15) is 10.5 Å². The van der Waals surface area contributed by atoms with E-state index < -0.39 is 5.79 Å². The monoisotopic (exact) mass is 257 g/mol. The summed E-state index contributed by atoms with van der Waals surface area (Å²) in [5.74, 6) is -0.541. The van der Waals surface area contributed by atoms with Crippen LogP contribution in [0.25, 0.3) is 0 Å². The van der Waals surface area contributed by atoms with Crippen molar-refractivity contribution in [2.75, 3.05) is 18.5 Å². The van der Waals surface area contributed by atoms with Crippen LogP contribution in [0.5, 0.6) is 0 Å². The maximum atomic E-state index is 8.97. The molecule has 1 saturated heterocycles. The molecule has 0 aromatic heterocycles. The number of anilines is 1. The van der Waals surface area contributed by atoms with E-state index in [9.17, 15) is 0 Å². The lowest BCUT2D eigenvalue weighted by atomic mass is 10.1. The molecule has 1 fully saturated rings. The minimum absolute atomic E-state index is 0.0347. The van der Waals surface area contributed by atoms with Crippen LogP contribution in [0.1, 0.15) is 25.0 Å². The van der Waals surface area contributed by atoms with Crippen molar-refractivity contribution in [3.8, 4) is 12.1 Å². The number of benzene rings is 1. The number of hydrogen-bond donors (Lipinski definition) is 1. The number of ether oxygens (including phenoxy) is 2. The summed E-state index contributed by atoms with van der Waals surface area (Å²) >= 11 is 0. The van der Waals surface area contributed by atoms with Gasteiger partial charge in [-0.25, -0.2) is 0 Å². The summed E-state index contributed by atoms with van der Waals surface area (Å²) in [6, 6.07) is 9.11. The van der Waals surface area contributed by atoms with Crippen molar-refractivity contribution >= 4 is 5.69 Å². The molecule has 0 aliphatic carbocycles. The van der Waals surface area contributed by atoms with Crippen LogP contribution in [-0.2, 0) is 9.47 Å². The fraction of sp³-hybridized carbons (Fsp3) is 0.429. The van der Waals surface area contributed by atoms with Gasteiger partial charge in [0.15, 0.2) is 5.79 Å². The summed E-state index contributed by atoms with van der Waals surface area (Å²) in [5.41, 5.74) is 1.53. The molecule has 0 unspecified atom stereocenters. The summed E-state index contributed by atoms with van der Waals surface area (Å²) < 4.78 is 11.1. The lowest BCUT2D eigenvalue weighted by Crippen LogP contribution is -2.45. The minimum Gasteiger partial charge on any atom is -0.378 e. The number of nitrogens with one attached hydrogen (secondary N) is 1. The first-order valence-corrected chi connectivity index (χ1v) is 6.03. The summed E-state index contributed by atoms with van der Waals surface area (Å²) in [5, 5.41) is 21.1. The van der Waals surface area contributed by atoms with Crippen LogP contribution in [0.2, 0.25) is 0 Å². The van der Waals surface area contributed by atoms with Crippen LogP contribution in [0, 0.1) is 22.7 Å². The topological polar surface area (TPSA) is 78.1 Å². The van der Waals surface area contributed by atoms with Crippen LogP contribution < -0.4 is 5.32 Å². The van der Waals surface area contributed by atoms with Crippen molar-refractivity contribution in [1.29, 1.82) is 10.5 Å².